The second kappa shape index (κ2) is 12.5. The Balaban J connectivity index is 2.16. The van der Waals surface area contributed by atoms with Gasteiger partial charge in [0.2, 0.25) is 17.7 Å². The third kappa shape index (κ3) is 8.41. The van der Waals surface area contributed by atoms with Crippen LogP contribution in [0.25, 0.3) is 0 Å². The van der Waals surface area contributed by atoms with Gasteiger partial charge in [0.1, 0.15) is 23.9 Å². The first-order valence-electron chi connectivity index (χ1n) is 11.1. The Hall–Kier alpha value is -3.93. The van der Waals surface area contributed by atoms with E-state index in [-0.39, 0.29) is 24.5 Å². The molecule has 0 fully saturated rings. The van der Waals surface area contributed by atoms with Gasteiger partial charge in [0.05, 0.1) is 12.4 Å². The molecule has 0 aliphatic heterocycles. The number of carboxylic acid groups (broad SMARTS) is 1. The number of hydrogen-bond acceptors (Lipinski definition) is 7. The molecule has 1 aromatic heterocycles. The van der Waals surface area contributed by atoms with Gasteiger partial charge in [-0.3, -0.25) is 14.4 Å². The van der Waals surface area contributed by atoms with E-state index < -0.39 is 47.9 Å². The Morgan fingerprint density at radius 2 is 1.57 bits per heavy atom. The number of H-pyrrole nitrogens is 1. The molecule has 12 nitrogen and oxygen atoms in total. The van der Waals surface area contributed by atoms with Crippen molar-refractivity contribution in [1.82, 2.24) is 25.9 Å². The SMILES string of the molecule is CC(NC(=O)C(N)C(C)C)C(=O)NC(Cc1ccc(O)cc1)C(=O)NC(Cc1cnc[nH]1)C(=O)O. The first-order chi connectivity index (χ1) is 16.5. The van der Waals surface area contributed by atoms with Crippen molar-refractivity contribution in [1.29, 1.82) is 0 Å². The highest BCUT2D eigenvalue weighted by molar-refractivity contribution is 5.94. The van der Waals surface area contributed by atoms with Crippen molar-refractivity contribution in [3.8, 4) is 5.75 Å². The number of phenols is 1. The lowest BCUT2D eigenvalue weighted by atomic mass is 10.0. The van der Waals surface area contributed by atoms with Crippen LogP contribution in [0.3, 0.4) is 0 Å². The van der Waals surface area contributed by atoms with E-state index in [2.05, 4.69) is 25.9 Å². The Labute approximate surface area is 202 Å². The van der Waals surface area contributed by atoms with Gasteiger partial charge in [-0.25, -0.2) is 9.78 Å². The van der Waals surface area contributed by atoms with Crippen LogP contribution < -0.4 is 21.7 Å². The molecule has 3 amide bonds. The zero-order valence-electron chi connectivity index (χ0n) is 19.8. The van der Waals surface area contributed by atoms with E-state index in [1.165, 1.54) is 31.6 Å². The summed E-state index contributed by atoms with van der Waals surface area (Å²) in [7, 11) is 0. The maximum absolute atomic E-state index is 13.1. The maximum Gasteiger partial charge on any atom is 0.326 e. The lowest BCUT2D eigenvalue weighted by molar-refractivity contribution is -0.142. The molecule has 4 atom stereocenters. The monoisotopic (exact) mass is 488 g/mol. The molecule has 2 rings (SSSR count). The van der Waals surface area contributed by atoms with Crippen LogP contribution >= 0.6 is 0 Å². The molecule has 8 N–H and O–H groups in total. The molecule has 0 saturated carbocycles. The number of aromatic nitrogens is 2. The van der Waals surface area contributed by atoms with Crippen molar-refractivity contribution in [2.24, 2.45) is 11.7 Å². The highest BCUT2D eigenvalue weighted by Gasteiger charge is 2.29. The van der Waals surface area contributed by atoms with E-state index in [9.17, 15) is 29.4 Å². The van der Waals surface area contributed by atoms with E-state index in [0.717, 1.165) is 0 Å². The first kappa shape index (κ1) is 27.3. The lowest BCUT2D eigenvalue weighted by Crippen LogP contribution is -2.57. The van der Waals surface area contributed by atoms with Gasteiger partial charge in [0, 0.05) is 24.7 Å². The molecule has 0 radical (unpaired) electrons. The number of carbonyl (C=O) groups is 4. The molecule has 4 unspecified atom stereocenters. The number of nitrogens with two attached hydrogens (primary N) is 1. The smallest absolute Gasteiger partial charge is 0.326 e. The number of imidazole rings is 1. The Bertz CT molecular complexity index is 1010. The summed E-state index contributed by atoms with van der Waals surface area (Å²) in [4.78, 5) is 56.4. The number of hydrogen-bond donors (Lipinski definition) is 7. The van der Waals surface area contributed by atoms with Gasteiger partial charge in [-0.05, 0) is 30.5 Å². The number of nitrogens with zero attached hydrogens (tertiary/aromatic N) is 1. The molecule has 0 aliphatic carbocycles. The molecule has 0 saturated heterocycles. The zero-order chi connectivity index (χ0) is 26.1. The summed E-state index contributed by atoms with van der Waals surface area (Å²) in [5.74, 6) is -3.24. The quantitative estimate of drug-likeness (QED) is 0.206. The zero-order valence-corrected chi connectivity index (χ0v) is 19.8. The summed E-state index contributed by atoms with van der Waals surface area (Å²) in [5.41, 5.74) is 6.94. The van der Waals surface area contributed by atoms with Crippen LogP contribution in [0.15, 0.2) is 36.8 Å². The predicted molar refractivity (Wildman–Crippen MR) is 126 cm³/mol. The minimum absolute atomic E-state index is 0.0143. The topological polar surface area (TPSA) is 200 Å². The minimum Gasteiger partial charge on any atom is -0.508 e. The number of carbonyl (C=O) groups excluding carboxylic acids is 3. The number of nitrogens with one attached hydrogen (secondary N) is 4. The van der Waals surface area contributed by atoms with Crippen molar-refractivity contribution in [3.05, 3.63) is 48.0 Å². The van der Waals surface area contributed by atoms with Crippen LogP contribution in [-0.2, 0) is 32.0 Å². The average molecular weight is 489 g/mol. The van der Waals surface area contributed by atoms with E-state index in [1.807, 2.05) is 0 Å². The van der Waals surface area contributed by atoms with Crippen molar-refractivity contribution >= 4 is 23.7 Å². The van der Waals surface area contributed by atoms with Gasteiger partial charge < -0.3 is 36.9 Å². The second-order valence-electron chi connectivity index (χ2n) is 8.61. The Morgan fingerprint density at radius 3 is 2.11 bits per heavy atom. The summed E-state index contributed by atoms with van der Waals surface area (Å²) >= 11 is 0. The molecule has 0 bridgehead atoms. The molecule has 2 aromatic rings. The number of benzene rings is 1. The number of aromatic hydroxyl groups is 1. The van der Waals surface area contributed by atoms with Crippen LogP contribution in [0.5, 0.6) is 5.75 Å². The van der Waals surface area contributed by atoms with E-state index in [0.29, 0.717) is 11.3 Å². The molecule has 12 heteroatoms. The number of aliphatic carboxylic acids is 1. The number of carboxylic acids is 1. The second-order valence-corrected chi connectivity index (χ2v) is 8.61. The lowest BCUT2D eigenvalue weighted by Gasteiger charge is -2.24. The molecular formula is C23H32N6O6. The third-order valence-corrected chi connectivity index (χ3v) is 5.38. The van der Waals surface area contributed by atoms with Gasteiger partial charge >= 0.3 is 5.97 Å². The third-order valence-electron chi connectivity index (χ3n) is 5.38. The molecule has 190 valence electrons. The van der Waals surface area contributed by atoms with Gasteiger partial charge in [-0.2, -0.15) is 0 Å². The molecule has 1 heterocycles. The molecule has 0 spiro atoms. The molecular weight excluding hydrogens is 456 g/mol. The summed E-state index contributed by atoms with van der Waals surface area (Å²) in [6.07, 6.45) is 2.82. The fourth-order valence-corrected chi connectivity index (χ4v) is 3.14. The standard InChI is InChI=1S/C23H32N6O6/c1-12(2)19(24)22(33)27-13(3)20(31)28-17(8-14-4-6-16(30)7-5-14)21(32)29-18(23(34)35)9-15-10-25-11-26-15/h4-7,10-13,17-19,30H,8-9,24H2,1-3H3,(H,25,26)(H,27,33)(H,28,31)(H,29,32)(H,34,35). The minimum atomic E-state index is -1.27. The van der Waals surface area contributed by atoms with Crippen molar-refractivity contribution < 1.29 is 29.4 Å². The molecule has 35 heavy (non-hydrogen) atoms. The fraction of sp³-hybridized carbons (Fsp3) is 0.435. The van der Waals surface area contributed by atoms with Gasteiger partial charge in [-0.15, -0.1) is 0 Å². The largest absolute Gasteiger partial charge is 0.508 e. The molecule has 1 aromatic carbocycles. The summed E-state index contributed by atoms with van der Waals surface area (Å²) in [5, 5.41) is 26.6. The normalized spacial score (nSPS) is 14.4. The van der Waals surface area contributed by atoms with Gasteiger partial charge in [0.25, 0.3) is 0 Å². The van der Waals surface area contributed by atoms with Gasteiger partial charge in [-0.1, -0.05) is 26.0 Å². The summed E-state index contributed by atoms with van der Waals surface area (Å²) in [6, 6.07) is 1.78. The van der Waals surface area contributed by atoms with Crippen LogP contribution in [0, 0.1) is 5.92 Å². The van der Waals surface area contributed by atoms with Crippen molar-refractivity contribution in [3.63, 3.8) is 0 Å². The van der Waals surface area contributed by atoms with Crippen LogP contribution in [0.1, 0.15) is 32.0 Å². The highest BCUT2D eigenvalue weighted by Crippen LogP contribution is 2.12. The Kier molecular flexibility index (Phi) is 9.76. The number of aromatic amines is 1. The van der Waals surface area contributed by atoms with Crippen molar-refractivity contribution in [2.45, 2.75) is 57.8 Å². The van der Waals surface area contributed by atoms with Crippen LogP contribution in [0.4, 0.5) is 0 Å². The predicted octanol–water partition coefficient (Wildman–Crippen LogP) is -0.557. The number of phenolic OH excluding ortho intramolecular Hbond substituents is 1. The van der Waals surface area contributed by atoms with E-state index in [1.54, 1.807) is 26.0 Å². The number of rotatable bonds is 12. The van der Waals surface area contributed by atoms with Gasteiger partial charge in [0.15, 0.2) is 0 Å². The van der Waals surface area contributed by atoms with Crippen LogP contribution in [0.2, 0.25) is 0 Å². The van der Waals surface area contributed by atoms with Crippen molar-refractivity contribution in [2.75, 3.05) is 0 Å². The molecule has 0 aliphatic rings. The van der Waals surface area contributed by atoms with Crippen LogP contribution in [-0.4, -0.2) is 68.0 Å². The van der Waals surface area contributed by atoms with E-state index >= 15 is 0 Å². The van der Waals surface area contributed by atoms with E-state index in [4.69, 9.17) is 5.73 Å². The maximum atomic E-state index is 13.1. The summed E-state index contributed by atoms with van der Waals surface area (Å²) < 4.78 is 0. The highest BCUT2D eigenvalue weighted by atomic mass is 16.4. The average Bonchev–Trinajstić information content (AvgIpc) is 3.31. The first-order valence-corrected chi connectivity index (χ1v) is 11.1. The Morgan fingerprint density at radius 1 is 0.943 bits per heavy atom. The summed E-state index contributed by atoms with van der Waals surface area (Å²) in [6.45, 7) is 5.00. The number of amides is 3. The fourth-order valence-electron chi connectivity index (χ4n) is 3.14.